The number of fused-ring (bicyclic) bond motifs is 1. The first kappa shape index (κ1) is 28.2. The molecule has 1 aliphatic heterocycles. The van der Waals surface area contributed by atoms with Crippen molar-refractivity contribution < 1.29 is 27.4 Å². The van der Waals surface area contributed by atoms with Gasteiger partial charge in [0.25, 0.3) is 15.9 Å². The molecule has 0 fully saturated rings. The Morgan fingerprint density at radius 3 is 2.32 bits per heavy atom. The zero-order valence-corrected chi connectivity index (χ0v) is 23.1. The number of halogens is 2. The topological polar surface area (TPSA) is 134 Å². The number of nitrogens with zero attached hydrogens (tertiary/aromatic N) is 1. The lowest BCUT2D eigenvalue weighted by molar-refractivity contribution is -0.120. The summed E-state index contributed by atoms with van der Waals surface area (Å²) in [7, 11) is -1.66. The van der Waals surface area contributed by atoms with Gasteiger partial charge in [-0.2, -0.15) is 0 Å². The summed E-state index contributed by atoms with van der Waals surface area (Å²) in [6, 6.07) is 13.6. The molecule has 38 heavy (non-hydrogen) atoms. The third-order valence-electron chi connectivity index (χ3n) is 6.32. The van der Waals surface area contributed by atoms with E-state index in [0.717, 1.165) is 0 Å². The molecule has 0 radical (unpaired) electrons. The fraction of sp³-hybridized carbons (Fsp3) is 0.269. The number of carbonyl (C=O) groups excluding carboxylic acids is 1. The number of sulfonamides is 1. The summed E-state index contributed by atoms with van der Waals surface area (Å²) in [5, 5.41) is 0.505. The number of anilines is 1. The minimum Gasteiger partial charge on any atom is -0.493 e. The number of benzene rings is 3. The van der Waals surface area contributed by atoms with E-state index < -0.39 is 21.5 Å². The Morgan fingerprint density at radius 1 is 0.947 bits per heavy atom. The van der Waals surface area contributed by atoms with Gasteiger partial charge < -0.3 is 25.7 Å². The first-order valence-corrected chi connectivity index (χ1v) is 13.8. The quantitative estimate of drug-likeness (QED) is 0.349. The van der Waals surface area contributed by atoms with E-state index in [2.05, 4.69) is 0 Å². The first-order valence-electron chi connectivity index (χ1n) is 11.6. The van der Waals surface area contributed by atoms with Crippen LogP contribution in [-0.2, 0) is 31.5 Å². The SMILES string of the molecule is COc1ccc(S(=O)(=O)N2C(=O)C(N)(c3ccccc3Cl)c3c2ccc(Cl)c3CCOCCN)cc1OC. The Kier molecular flexibility index (Phi) is 8.22. The van der Waals surface area contributed by atoms with Gasteiger partial charge in [-0.05, 0) is 42.3 Å². The van der Waals surface area contributed by atoms with Crippen molar-refractivity contribution in [2.75, 3.05) is 38.3 Å². The second-order valence-electron chi connectivity index (χ2n) is 8.45. The van der Waals surface area contributed by atoms with Gasteiger partial charge in [-0.1, -0.05) is 41.4 Å². The molecule has 1 aliphatic rings. The summed E-state index contributed by atoms with van der Waals surface area (Å²) in [6.07, 6.45) is 0.253. The molecule has 0 aromatic heterocycles. The highest BCUT2D eigenvalue weighted by Gasteiger charge is 2.56. The molecule has 12 heteroatoms. The molecule has 3 aromatic rings. The minimum atomic E-state index is -4.48. The van der Waals surface area contributed by atoms with Crippen LogP contribution in [0, 0.1) is 0 Å². The maximum absolute atomic E-state index is 14.2. The van der Waals surface area contributed by atoms with E-state index in [4.69, 9.17) is 48.9 Å². The summed E-state index contributed by atoms with van der Waals surface area (Å²) in [6.45, 7) is 0.878. The van der Waals surface area contributed by atoms with E-state index in [0.29, 0.717) is 33.8 Å². The normalized spacial score (nSPS) is 17.0. The predicted molar refractivity (Wildman–Crippen MR) is 146 cm³/mol. The molecule has 4 N–H and O–H groups in total. The van der Waals surface area contributed by atoms with Gasteiger partial charge in [-0.25, -0.2) is 12.7 Å². The number of rotatable bonds is 10. The van der Waals surface area contributed by atoms with E-state index in [1.807, 2.05) is 0 Å². The predicted octanol–water partition coefficient (Wildman–Crippen LogP) is 3.47. The molecule has 0 spiro atoms. The van der Waals surface area contributed by atoms with Crippen molar-refractivity contribution in [2.45, 2.75) is 16.9 Å². The van der Waals surface area contributed by atoms with Crippen LogP contribution in [0.15, 0.2) is 59.5 Å². The average Bonchev–Trinajstić information content (AvgIpc) is 3.15. The van der Waals surface area contributed by atoms with Gasteiger partial charge in [0.05, 0.1) is 38.0 Å². The van der Waals surface area contributed by atoms with Crippen LogP contribution in [0.4, 0.5) is 5.69 Å². The molecule has 4 rings (SSSR count). The van der Waals surface area contributed by atoms with E-state index in [1.165, 1.54) is 44.6 Å². The van der Waals surface area contributed by atoms with Crippen molar-refractivity contribution in [3.8, 4) is 11.5 Å². The molecule has 1 heterocycles. The summed E-state index contributed by atoms with van der Waals surface area (Å²) in [5.74, 6) is -0.392. The zero-order chi connectivity index (χ0) is 27.7. The number of hydrogen-bond donors (Lipinski definition) is 2. The van der Waals surface area contributed by atoms with Crippen molar-refractivity contribution >= 4 is 44.8 Å². The third kappa shape index (κ3) is 4.61. The molecule has 0 saturated heterocycles. The summed E-state index contributed by atoms with van der Waals surface area (Å²) in [5.41, 5.74) is 11.5. The largest absolute Gasteiger partial charge is 0.493 e. The summed E-state index contributed by atoms with van der Waals surface area (Å²) in [4.78, 5) is 14.0. The Bertz CT molecular complexity index is 1480. The van der Waals surface area contributed by atoms with Crippen LogP contribution in [0.3, 0.4) is 0 Å². The van der Waals surface area contributed by atoms with Crippen molar-refractivity contribution in [3.05, 3.63) is 81.3 Å². The molecule has 1 amide bonds. The fourth-order valence-electron chi connectivity index (χ4n) is 4.55. The number of amides is 1. The Labute approximate surface area is 231 Å². The molecule has 1 unspecified atom stereocenters. The van der Waals surface area contributed by atoms with Gasteiger partial charge in [-0.15, -0.1) is 0 Å². The number of hydrogen-bond acceptors (Lipinski definition) is 8. The fourth-order valence-corrected chi connectivity index (χ4v) is 6.57. The lowest BCUT2D eigenvalue weighted by atomic mass is 9.81. The first-order chi connectivity index (χ1) is 18.1. The van der Waals surface area contributed by atoms with Crippen molar-refractivity contribution in [3.63, 3.8) is 0 Å². The van der Waals surface area contributed by atoms with Crippen LogP contribution in [-0.4, -0.2) is 48.3 Å². The Hall–Kier alpha value is -2.86. The van der Waals surface area contributed by atoms with Crippen molar-refractivity contribution in [1.29, 1.82) is 0 Å². The second-order valence-corrected chi connectivity index (χ2v) is 11.1. The monoisotopic (exact) mass is 579 g/mol. The van der Waals surface area contributed by atoms with Gasteiger partial charge in [0.2, 0.25) is 0 Å². The van der Waals surface area contributed by atoms with Gasteiger partial charge >= 0.3 is 0 Å². The highest BCUT2D eigenvalue weighted by molar-refractivity contribution is 7.93. The van der Waals surface area contributed by atoms with E-state index in [1.54, 1.807) is 24.3 Å². The number of nitrogens with two attached hydrogens (primary N) is 2. The maximum Gasteiger partial charge on any atom is 0.271 e. The summed E-state index contributed by atoms with van der Waals surface area (Å²) >= 11 is 13.1. The molecule has 0 saturated carbocycles. The van der Waals surface area contributed by atoms with Crippen molar-refractivity contribution in [2.24, 2.45) is 11.5 Å². The van der Waals surface area contributed by atoms with Crippen LogP contribution in [0.2, 0.25) is 10.0 Å². The zero-order valence-electron chi connectivity index (χ0n) is 20.7. The van der Waals surface area contributed by atoms with Gasteiger partial charge in [0, 0.05) is 33.8 Å². The molecule has 202 valence electrons. The molecule has 9 nitrogen and oxygen atoms in total. The molecule has 3 aromatic carbocycles. The third-order valence-corrected chi connectivity index (χ3v) is 8.70. The molecule has 0 aliphatic carbocycles. The maximum atomic E-state index is 14.2. The number of carbonyl (C=O) groups is 1. The van der Waals surface area contributed by atoms with Gasteiger partial charge in [0.15, 0.2) is 17.0 Å². The number of ether oxygens (including phenoxy) is 3. The lowest BCUT2D eigenvalue weighted by Gasteiger charge is -2.27. The van der Waals surface area contributed by atoms with Crippen LogP contribution in [0.25, 0.3) is 0 Å². The van der Waals surface area contributed by atoms with Crippen LogP contribution >= 0.6 is 23.2 Å². The second kappa shape index (κ2) is 11.1. The van der Waals surface area contributed by atoms with Crippen molar-refractivity contribution in [1.82, 2.24) is 0 Å². The summed E-state index contributed by atoms with van der Waals surface area (Å²) < 4.78 is 44.8. The highest BCUT2D eigenvalue weighted by Crippen LogP contribution is 2.50. The van der Waals surface area contributed by atoms with E-state index in [9.17, 15) is 13.2 Å². The van der Waals surface area contributed by atoms with Gasteiger partial charge in [0.1, 0.15) is 0 Å². The van der Waals surface area contributed by atoms with Gasteiger partial charge in [-0.3, -0.25) is 4.79 Å². The van der Waals surface area contributed by atoms with Crippen LogP contribution < -0.4 is 25.2 Å². The molecular weight excluding hydrogens is 553 g/mol. The molecular formula is C26H27Cl2N3O6S. The van der Waals surface area contributed by atoms with Crippen LogP contribution in [0.1, 0.15) is 16.7 Å². The molecule has 0 bridgehead atoms. The Balaban J connectivity index is 1.96. The number of methoxy groups -OCH3 is 2. The van der Waals surface area contributed by atoms with E-state index >= 15 is 0 Å². The molecule has 1 atom stereocenters. The minimum absolute atomic E-state index is 0.0745. The van der Waals surface area contributed by atoms with E-state index in [-0.39, 0.29) is 45.5 Å². The standard InChI is InChI=1S/C26H27Cl2N3O6S/c1-35-22-10-7-16(15-23(22)36-2)38(33,34)31-21-9-8-19(27)17(11-13-37-14-12-29)24(21)26(30,25(31)32)18-5-3-4-6-20(18)28/h3-10,15H,11-14,29-30H2,1-2H3. The average molecular weight is 580 g/mol. The smallest absolute Gasteiger partial charge is 0.271 e. The highest BCUT2D eigenvalue weighted by atomic mass is 35.5. The van der Waals surface area contributed by atoms with Crippen LogP contribution in [0.5, 0.6) is 11.5 Å². The lowest BCUT2D eigenvalue weighted by Crippen LogP contribution is -2.50. The Morgan fingerprint density at radius 2 is 1.66 bits per heavy atom.